The number of aromatic nitrogens is 2. The second-order valence-corrected chi connectivity index (χ2v) is 9.98. The molecule has 0 atom stereocenters. The van der Waals surface area contributed by atoms with Crippen LogP contribution in [-0.4, -0.2) is 85.3 Å². The van der Waals surface area contributed by atoms with Gasteiger partial charge >= 0.3 is 0 Å². The lowest BCUT2D eigenvalue weighted by atomic mass is 10.1. The van der Waals surface area contributed by atoms with E-state index < -0.39 is 0 Å². The van der Waals surface area contributed by atoms with Crippen molar-refractivity contribution in [3.8, 4) is 22.8 Å². The van der Waals surface area contributed by atoms with Gasteiger partial charge in [-0.25, -0.2) is 0 Å². The Labute approximate surface area is 229 Å². The molecule has 1 saturated carbocycles. The predicted molar refractivity (Wildman–Crippen MR) is 149 cm³/mol. The molecule has 1 aliphatic carbocycles. The van der Waals surface area contributed by atoms with Crippen molar-refractivity contribution in [2.75, 3.05) is 58.4 Å². The van der Waals surface area contributed by atoms with Crippen molar-refractivity contribution < 1.29 is 19.1 Å². The summed E-state index contributed by atoms with van der Waals surface area (Å²) in [7, 11) is 3.23. The van der Waals surface area contributed by atoms with Crippen LogP contribution in [0.3, 0.4) is 0 Å². The van der Waals surface area contributed by atoms with Crippen LogP contribution >= 0.6 is 0 Å². The van der Waals surface area contributed by atoms with Gasteiger partial charge in [0.15, 0.2) is 5.82 Å². The number of hydrogen-bond donors (Lipinski definition) is 0. The van der Waals surface area contributed by atoms with Crippen LogP contribution in [0, 0.1) is 5.92 Å². The molecular weight excluding hydrogens is 494 g/mol. The molecule has 0 radical (unpaired) electrons. The number of ether oxygens (including phenoxy) is 2. The summed E-state index contributed by atoms with van der Waals surface area (Å²) in [5.74, 6) is 2.36. The minimum absolute atomic E-state index is 0.00439. The summed E-state index contributed by atoms with van der Waals surface area (Å²) >= 11 is 0. The Balaban J connectivity index is 1.16. The quantitative estimate of drug-likeness (QED) is 0.398. The van der Waals surface area contributed by atoms with E-state index in [0.717, 1.165) is 30.6 Å². The molecule has 1 aliphatic heterocycles. The Bertz CT molecular complexity index is 1270. The first-order valence-electron chi connectivity index (χ1n) is 13.5. The molecule has 0 bridgehead atoms. The molecule has 0 unspecified atom stereocenters. The zero-order chi connectivity index (χ0) is 27.2. The number of piperazine rings is 1. The van der Waals surface area contributed by atoms with Gasteiger partial charge in [-0.1, -0.05) is 30.3 Å². The Morgan fingerprint density at radius 2 is 1.69 bits per heavy atom. The van der Waals surface area contributed by atoms with Gasteiger partial charge in [-0.15, -0.1) is 10.2 Å². The normalized spacial score (nSPS) is 15.1. The highest BCUT2D eigenvalue weighted by Gasteiger charge is 2.35. The highest BCUT2D eigenvalue weighted by molar-refractivity contribution is 5.87. The zero-order valence-corrected chi connectivity index (χ0v) is 22.6. The smallest absolute Gasteiger partial charge is 0.242 e. The van der Waals surface area contributed by atoms with Gasteiger partial charge in [0, 0.05) is 50.3 Å². The summed E-state index contributed by atoms with van der Waals surface area (Å²) in [6, 6.07) is 19.6. The summed E-state index contributed by atoms with van der Waals surface area (Å²) < 4.78 is 10.8. The Morgan fingerprint density at radius 3 is 2.33 bits per heavy atom. The maximum Gasteiger partial charge on any atom is 0.242 e. The third kappa shape index (κ3) is 6.47. The molecule has 2 aliphatic rings. The molecular formula is C30H35N5O4. The SMILES string of the molecule is COc1ccc(-c2ccc(N3CCN(C(=O)CN(CCc4ccccc4)C(=O)C4CC4)CC3)nn2)c(OC)c1. The topological polar surface area (TPSA) is 88.1 Å². The molecule has 204 valence electrons. The first-order chi connectivity index (χ1) is 19.1. The van der Waals surface area contributed by atoms with Crippen molar-refractivity contribution in [1.29, 1.82) is 0 Å². The average Bonchev–Trinajstić information content (AvgIpc) is 3.85. The van der Waals surface area contributed by atoms with Crippen molar-refractivity contribution in [3.63, 3.8) is 0 Å². The van der Waals surface area contributed by atoms with Gasteiger partial charge < -0.3 is 24.2 Å². The van der Waals surface area contributed by atoms with E-state index >= 15 is 0 Å². The number of amides is 2. The number of methoxy groups -OCH3 is 2. The largest absolute Gasteiger partial charge is 0.497 e. The summed E-state index contributed by atoms with van der Waals surface area (Å²) in [5, 5.41) is 8.88. The lowest BCUT2D eigenvalue weighted by Gasteiger charge is -2.36. The van der Waals surface area contributed by atoms with Gasteiger partial charge in [-0.3, -0.25) is 9.59 Å². The third-order valence-corrected chi connectivity index (χ3v) is 7.37. The van der Waals surface area contributed by atoms with Crippen LogP contribution in [0.5, 0.6) is 11.5 Å². The summed E-state index contributed by atoms with van der Waals surface area (Å²) in [6.45, 7) is 3.18. The number of rotatable bonds is 10. The lowest BCUT2D eigenvalue weighted by molar-refractivity contribution is -0.141. The van der Waals surface area contributed by atoms with E-state index in [9.17, 15) is 9.59 Å². The molecule has 3 aromatic rings. The number of carbonyl (C=O) groups is 2. The van der Waals surface area contributed by atoms with Crippen molar-refractivity contribution in [2.24, 2.45) is 5.92 Å². The molecule has 5 rings (SSSR count). The number of nitrogens with zero attached hydrogens (tertiary/aromatic N) is 5. The molecule has 39 heavy (non-hydrogen) atoms. The van der Waals surface area contributed by atoms with Crippen LogP contribution in [-0.2, 0) is 16.0 Å². The molecule has 2 heterocycles. The molecule has 9 nitrogen and oxygen atoms in total. The van der Waals surface area contributed by atoms with Gasteiger partial charge in [0.05, 0.1) is 26.5 Å². The van der Waals surface area contributed by atoms with Crippen molar-refractivity contribution in [2.45, 2.75) is 19.3 Å². The Hall–Kier alpha value is -4.14. The van der Waals surface area contributed by atoms with E-state index in [1.54, 1.807) is 19.1 Å². The summed E-state index contributed by atoms with van der Waals surface area (Å²) in [6.07, 6.45) is 2.61. The third-order valence-electron chi connectivity index (χ3n) is 7.37. The predicted octanol–water partition coefficient (Wildman–Crippen LogP) is 3.29. The number of benzene rings is 2. The molecule has 2 aromatic carbocycles. The fourth-order valence-corrected chi connectivity index (χ4v) is 4.86. The zero-order valence-electron chi connectivity index (χ0n) is 22.6. The van der Waals surface area contributed by atoms with Gasteiger partial charge in [0.1, 0.15) is 11.5 Å². The van der Waals surface area contributed by atoms with Crippen LogP contribution in [0.2, 0.25) is 0 Å². The highest BCUT2D eigenvalue weighted by Crippen LogP contribution is 2.33. The Kier molecular flexibility index (Phi) is 8.24. The van der Waals surface area contributed by atoms with E-state index in [4.69, 9.17) is 9.47 Å². The summed E-state index contributed by atoms with van der Waals surface area (Å²) in [5.41, 5.74) is 2.72. The number of anilines is 1. The van der Waals surface area contributed by atoms with Crippen LogP contribution in [0.15, 0.2) is 60.7 Å². The highest BCUT2D eigenvalue weighted by atomic mass is 16.5. The minimum Gasteiger partial charge on any atom is -0.497 e. The van der Waals surface area contributed by atoms with E-state index in [1.807, 2.05) is 53.4 Å². The second kappa shape index (κ2) is 12.1. The van der Waals surface area contributed by atoms with Crippen LogP contribution < -0.4 is 14.4 Å². The number of carbonyl (C=O) groups excluding carboxylic acids is 2. The molecule has 2 amide bonds. The fourth-order valence-electron chi connectivity index (χ4n) is 4.86. The lowest BCUT2D eigenvalue weighted by Crippen LogP contribution is -2.52. The average molecular weight is 530 g/mol. The fraction of sp³-hybridized carbons (Fsp3) is 0.400. The van der Waals surface area contributed by atoms with Crippen LogP contribution in [0.1, 0.15) is 18.4 Å². The van der Waals surface area contributed by atoms with Crippen molar-refractivity contribution in [1.82, 2.24) is 20.0 Å². The van der Waals surface area contributed by atoms with E-state index in [2.05, 4.69) is 27.2 Å². The van der Waals surface area contributed by atoms with Crippen molar-refractivity contribution in [3.05, 3.63) is 66.2 Å². The van der Waals surface area contributed by atoms with E-state index in [1.165, 1.54) is 5.56 Å². The summed E-state index contributed by atoms with van der Waals surface area (Å²) in [4.78, 5) is 31.8. The van der Waals surface area contributed by atoms with Crippen LogP contribution in [0.25, 0.3) is 11.3 Å². The van der Waals surface area contributed by atoms with Crippen molar-refractivity contribution >= 4 is 17.6 Å². The molecule has 1 aromatic heterocycles. The number of hydrogen-bond acceptors (Lipinski definition) is 7. The maximum atomic E-state index is 13.2. The Morgan fingerprint density at radius 1 is 0.923 bits per heavy atom. The first-order valence-corrected chi connectivity index (χ1v) is 13.5. The first kappa shape index (κ1) is 26.5. The molecule has 0 spiro atoms. The van der Waals surface area contributed by atoms with Gasteiger partial charge in [-0.2, -0.15) is 0 Å². The van der Waals surface area contributed by atoms with Gasteiger partial charge in [0.2, 0.25) is 11.8 Å². The minimum atomic E-state index is 0.00439. The van der Waals surface area contributed by atoms with E-state index in [0.29, 0.717) is 49.9 Å². The molecule has 1 saturated heterocycles. The molecule has 2 fully saturated rings. The molecule has 9 heteroatoms. The van der Waals surface area contributed by atoms with Gasteiger partial charge in [0.25, 0.3) is 0 Å². The van der Waals surface area contributed by atoms with Crippen LogP contribution in [0.4, 0.5) is 5.82 Å². The monoisotopic (exact) mass is 529 g/mol. The maximum absolute atomic E-state index is 13.2. The molecule has 0 N–H and O–H groups in total. The van der Waals surface area contributed by atoms with Gasteiger partial charge in [-0.05, 0) is 49.1 Å². The standard InChI is InChI=1S/C30H35N5O4/c1-38-24-10-11-25(27(20-24)39-2)26-12-13-28(32-31-26)33-16-18-34(19-17-33)29(36)21-35(30(37)23-8-9-23)15-14-22-6-4-3-5-7-22/h3-7,10-13,20,23H,8-9,14-19,21H2,1-2H3. The second-order valence-electron chi connectivity index (χ2n) is 9.98. The van der Waals surface area contributed by atoms with E-state index in [-0.39, 0.29) is 24.3 Å².